The third-order valence-electron chi connectivity index (χ3n) is 10.3. The van der Waals surface area contributed by atoms with E-state index < -0.39 is 0 Å². The van der Waals surface area contributed by atoms with Crippen LogP contribution in [0.15, 0.2) is 128 Å². The van der Waals surface area contributed by atoms with Gasteiger partial charge in [0.05, 0.1) is 16.7 Å². The van der Waals surface area contributed by atoms with E-state index >= 15 is 0 Å². The molecule has 0 N–H and O–H groups in total. The molecule has 0 spiro atoms. The standard InChI is InChI=1S/C46H41N5O/c1-29-21-30(2)44(31(3)22-29)32-23-34(50-28-49-20-19-48-45(49)39-12-8-9-13-40(39)50)26-36(24-32)52-35-15-16-38-37-11-7-10-14-41(37)51(42(38)27-35)43-25-33(17-18-47-43)46(4,5)6/h7-27H,28H2,1-6H3. The van der Waals surface area contributed by atoms with Gasteiger partial charge in [-0.15, -0.1) is 0 Å². The zero-order valence-electron chi connectivity index (χ0n) is 30.5. The number of fused-ring (bicyclic) bond motifs is 6. The quantitative estimate of drug-likeness (QED) is 0.182. The second-order valence-corrected chi connectivity index (χ2v) is 15.1. The summed E-state index contributed by atoms with van der Waals surface area (Å²) in [5.74, 6) is 3.42. The molecule has 3 aromatic heterocycles. The number of hydrogen-bond donors (Lipinski definition) is 0. The Morgan fingerprint density at radius 3 is 2.27 bits per heavy atom. The van der Waals surface area contributed by atoms with Crippen LogP contribution in [0.2, 0.25) is 0 Å². The molecule has 0 fully saturated rings. The molecule has 0 atom stereocenters. The SMILES string of the molecule is Cc1cc(C)c(-c2cc(Oc3ccc4c5ccccc5n(-c5cc(C(C)(C)C)ccn5)c4c3)cc(N3Cn4ccnc4-c4ccccc43)c2)c(C)c1. The summed E-state index contributed by atoms with van der Waals surface area (Å²) in [4.78, 5) is 11.9. The van der Waals surface area contributed by atoms with E-state index in [4.69, 9.17) is 9.72 Å². The molecule has 0 amide bonds. The number of hydrogen-bond acceptors (Lipinski definition) is 4. The molecule has 1 aliphatic heterocycles. The summed E-state index contributed by atoms with van der Waals surface area (Å²) in [6.07, 6.45) is 5.85. The van der Waals surface area contributed by atoms with Crippen LogP contribution in [-0.4, -0.2) is 19.1 Å². The zero-order chi connectivity index (χ0) is 35.7. The highest BCUT2D eigenvalue weighted by Crippen LogP contribution is 2.44. The summed E-state index contributed by atoms with van der Waals surface area (Å²) in [6.45, 7) is 13.9. The van der Waals surface area contributed by atoms with Crippen LogP contribution in [0.1, 0.15) is 43.0 Å². The number of anilines is 2. The van der Waals surface area contributed by atoms with Crippen molar-refractivity contribution in [3.8, 4) is 39.8 Å². The Labute approximate surface area is 304 Å². The first-order valence-corrected chi connectivity index (χ1v) is 17.9. The van der Waals surface area contributed by atoms with E-state index in [-0.39, 0.29) is 5.41 Å². The fraction of sp³-hybridized carbons (Fsp3) is 0.174. The third-order valence-corrected chi connectivity index (χ3v) is 10.3. The van der Waals surface area contributed by atoms with E-state index in [1.54, 1.807) is 0 Å². The predicted molar refractivity (Wildman–Crippen MR) is 213 cm³/mol. The van der Waals surface area contributed by atoms with Crippen LogP contribution in [0, 0.1) is 20.8 Å². The molecule has 6 nitrogen and oxygen atoms in total. The molecule has 4 heterocycles. The number of benzene rings is 5. The molecule has 8 aromatic rings. The Kier molecular flexibility index (Phi) is 7.33. The van der Waals surface area contributed by atoms with Crippen LogP contribution in [0.3, 0.4) is 0 Å². The predicted octanol–water partition coefficient (Wildman–Crippen LogP) is 11.8. The number of ether oxygens (including phenoxy) is 1. The van der Waals surface area contributed by atoms with Crippen molar-refractivity contribution in [2.75, 3.05) is 4.90 Å². The minimum absolute atomic E-state index is 0.00406. The Bertz CT molecular complexity index is 2650. The van der Waals surface area contributed by atoms with Gasteiger partial charge in [-0.2, -0.15) is 0 Å². The van der Waals surface area contributed by atoms with Gasteiger partial charge in [0.25, 0.3) is 0 Å². The van der Waals surface area contributed by atoms with Gasteiger partial charge in [0.2, 0.25) is 0 Å². The molecule has 0 saturated heterocycles. The van der Waals surface area contributed by atoms with Crippen molar-refractivity contribution in [2.45, 2.75) is 53.6 Å². The fourth-order valence-corrected chi connectivity index (χ4v) is 8.00. The third kappa shape index (κ3) is 5.34. The van der Waals surface area contributed by atoms with Crippen LogP contribution >= 0.6 is 0 Å². The van der Waals surface area contributed by atoms with E-state index in [9.17, 15) is 0 Å². The molecule has 0 bridgehead atoms. The number of aryl methyl sites for hydroxylation is 3. The van der Waals surface area contributed by atoms with Crippen molar-refractivity contribution >= 4 is 33.2 Å². The molecular formula is C46H41N5O. The smallest absolute Gasteiger partial charge is 0.143 e. The molecule has 52 heavy (non-hydrogen) atoms. The van der Waals surface area contributed by atoms with Gasteiger partial charge in [-0.25, -0.2) is 9.97 Å². The zero-order valence-corrected chi connectivity index (χ0v) is 30.5. The van der Waals surface area contributed by atoms with E-state index in [0.717, 1.165) is 62.1 Å². The van der Waals surface area contributed by atoms with Gasteiger partial charge in [0.15, 0.2) is 0 Å². The van der Waals surface area contributed by atoms with E-state index in [0.29, 0.717) is 6.67 Å². The maximum absolute atomic E-state index is 6.91. The lowest BCUT2D eigenvalue weighted by Gasteiger charge is -2.32. The van der Waals surface area contributed by atoms with Crippen LogP contribution in [0.5, 0.6) is 11.5 Å². The molecule has 9 rings (SSSR count). The van der Waals surface area contributed by atoms with Crippen LogP contribution in [-0.2, 0) is 12.1 Å². The van der Waals surface area contributed by atoms with E-state index in [1.807, 2.05) is 18.6 Å². The molecular weight excluding hydrogens is 639 g/mol. The minimum Gasteiger partial charge on any atom is -0.457 e. The Morgan fingerprint density at radius 1 is 0.673 bits per heavy atom. The summed E-state index contributed by atoms with van der Waals surface area (Å²) >= 11 is 0. The van der Waals surface area contributed by atoms with Gasteiger partial charge < -0.3 is 14.2 Å². The van der Waals surface area contributed by atoms with Crippen LogP contribution in [0.25, 0.3) is 50.1 Å². The monoisotopic (exact) mass is 679 g/mol. The summed E-state index contributed by atoms with van der Waals surface area (Å²) < 4.78 is 11.4. The van der Waals surface area contributed by atoms with Gasteiger partial charge in [-0.3, -0.25) is 4.57 Å². The van der Waals surface area contributed by atoms with Crippen molar-refractivity contribution in [3.05, 3.63) is 150 Å². The number of rotatable bonds is 5. The average molecular weight is 680 g/mol. The van der Waals surface area contributed by atoms with Crippen molar-refractivity contribution in [1.82, 2.24) is 19.1 Å². The first-order valence-electron chi connectivity index (χ1n) is 17.9. The van der Waals surface area contributed by atoms with Gasteiger partial charge in [0, 0.05) is 52.7 Å². The Hall–Kier alpha value is -6.14. The summed E-state index contributed by atoms with van der Waals surface area (Å²) in [5, 5.41) is 2.34. The molecule has 256 valence electrons. The lowest BCUT2D eigenvalue weighted by Crippen LogP contribution is -2.26. The van der Waals surface area contributed by atoms with Crippen LogP contribution in [0.4, 0.5) is 11.4 Å². The summed E-state index contributed by atoms with van der Waals surface area (Å²) in [6, 6.07) is 39.0. The van der Waals surface area contributed by atoms with Gasteiger partial charge in [0.1, 0.15) is 29.8 Å². The van der Waals surface area contributed by atoms with Crippen LogP contribution < -0.4 is 9.64 Å². The maximum atomic E-state index is 6.91. The highest BCUT2D eigenvalue weighted by molar-refractivity contribution is 6.09. The topological polar surface area (TPSA) is 48.1 Å². The lowest BCUT2D eigenvalue weighted by atomic mass is 9.88. The molecule has 0 unspecified atom stereocenters. The normalized spacial score (nSPS) is 12.7. The first kappa shape index (κ1) is 31.8. The highest BCUT2D eigenvalue weighted by Gasteiger charge is 2.25. The Morgan fingerprint density at radius 2 is 1.44 bits per heavy atom. The highest BCUT2D eigenvalue weighted by atomic mass is 16.5. The van der Waals surface area contributed by atoms with Gasteiger partial charge >= 0.3 is 0 Å². The molecule has 0 saturated carbocycles. The number of pyridine rings is 1. The lowest BCUT2D eigenvalue weighted by molar-refractivity contribution is 0.483. The summed E-state index contributed by atoms with van der Waals surface area (Å²) in [7, 11) is 0. The molecule has 0 aliphatic carbocycles. The second kappa shape index (κ2) is 12.0. The van der Waals surface area contributed by atoms with Gasteiger partial charge in [-0.05, 0) is 109 Å². The van der Waals surface area contributed by atoms with Crippen molar-refractivity contribution in [1.29, 1.82) is 0 Å². The minimum atomic E-state index is -0.00406. The van der Waals surface area contributed by atoms with E-state index in [1.165, 1.54) is 33.2 Å². The van der Waals surface area contributed by atoms with E-state index in [2.05, 4.69) is 170 Å². The largest absolute Gasteiger partial charge is 0.457 e. The number of imidazole rings is 1. The van der Waals surface area contributed by atoms with Gasteiger partial charge in [-0.1, -0.05) is 68.8 Å². The Balaban J connectivity index is 1.21. The second-order valence-electron chi connectivity index (χ2n) is 15.1. The molecule has 0 radical (unpaired) electrons. The first-order chi connectivity index (χ1) is 25.1. The van der Waals surface area contributed by atoms with Crippen molar-refractivity contribution < 1.29 is 4.74 Å². The number of nitrogens with zero attached hydrogens (tertiary/aromatic N) is 5. The molecule has 6 heteroatoms. The van der Waals surface area contributed by atoms with Crippen molar-refractivity contribution in [3.63, 3.8) is 0 Å². The fourth-order valence-electron chi connectivity index (χ4n) is 8.00. The average Bonchev–Trinajstić information content (AvgIpc) is 3.73. The number of aromatic nitrogens is 4. The number of para-hydroxylation sites is 2. The maximum Gasteiger partial charge on any atom is 0.143 e. The molecule has 1 aliphatic rings. The summed E-state index contributed by atoms with van der Waals surface area (Å²) in [5.41, 5.74) is 12.8. The molecule has 5 aromatic carbocycles. The van der Waals surface area contributed by atoms with Crippen molar-refractivity contribution in [2.24, 2.45) is 0 Å².